The smallest absolute Gasteiger partial charge is 0.312 e. The van der Waals surface area contributed by atoms with Gasteiger partial charge in [-0.1, -0.05) is 6.42 Å². The van der Waals surface area contributed by atoms with Crippen LogP contribution in [-0.4, -0.2) is 44.2 Å². The maximum absolute atomic E-state index is 11.1. The molecule has 0 amide bonds. The topological polar surface area (TPSA) is 89.1 Å². The van der Waals surface area contributed by atoms with Gasteiger partial charge in [0.1, 0.15) is 0 Å². The molecule has 0 unspecified atom stereocenters. The van der Waals surface area contributed by atoms with Crippen molar-refractivity contribution in [3.8, 4) is 0 Å². The van der Waals surface area contributed by atoms with Crippen LogP contribution in [0, 0.1) is 10.1 Å². The monoisotopic (exact) mass is 394 g/mol. The maximum atomic E-state index is 11.1. The van der Waals surface area contributed by atoms with E-state index >= 15 is 0 Å². The quantitative estimate of drug-likeness (QED) is 0.597. The molecule has 8 nitrogen and oxygen atoms in total. The highest BCUT2D eigenvalue weighted by Crippen LogP contribution is 2.27. The van der Waals surface area contributed by atoms with Crippen molar-refractivity contribution < 1.29 is 4.92 Å². The molecule has 0 radical (unpaired) electrons. The predicted molar refractivity (Wildman–Crippen MR) is 94.4 cm³/mol. The molecule has 3 heterocycles. The molecule has 2 aromatic rings. The summed E-state index contributed by atoms with van der Waals surface area (Å²) in [5, 5.41) is 18.4. The van der Waals surface area contributed by atoms with Crippen molar-refractivity contribution in [3.63, 3.8) is 0 Å². The third-order valence-electron chi connectivity index (χ3n) is 4.02. The zero-order chi connectivity index (χ0) is 16.9. The molecule has 0 aromatic carbocycles. The standard InChI is InChI=1S/C15H19BrN6O2/c16-12-8-14(22(23)24)15(17-9-12)19-13-10-18-21(11-13)7-6-20-4-2-1-3-5-20/h8-11H,1-7H2,(H,17,19). The minimum Gasteiger partial charge on any atom is -0.332 e. The molecule has 1 fully saturated rings. The summed E-state index contributed by atoms with van der Waals surface area (Å²) < 4.78 is 2.42. The van der Waals surface area contributed by atoms with Crippen molar-refractivity contribution in [2.45, 2.75) is 25.8 Å². The molecule has 1 saturated heterocycles. The second-order valence-electron chi connectivity index (χ2n) is 5.80. The van der Waals surface area contributed by atoms with Crippen molar-refractivity contribution in [2.75, 3.05) is 25.0 Å². The first-order valence-corrected chi connectivity index (χ1v) is 8.73. The number of nitrogens with zero attached hydrogens (tertiary/aromatic N) is 5. The number of hydrogen-bond acceptors (Lipinski definition) is 6. The summed E-state index contributed by atoms with van der Waals surface area (Å²) in [6.07, 6.45) is 8.89. The lowest BCUT2D eigenvalue weighted by atomic mass is 10.1. The van der Waals surface area contributed by atoms with Gasteiger partial charge in [-0.3, -0.25) is 14.8 Å². The molecule has 3 rings (SSSR count). The number of piperidine rings is 1. The van der Waals surface area contributed by atoms with Crippen LogP contribution in [0.3, 0.4) is 0 Å². The van der Waals surface area contributed by atoms with Gasteiger partial charge in [-0.25, -0.2) is 4.98 Å². The molecule has 0 bridgehead atoms. The molecule has 1 aliphatic heterocycles. The highest BCUT2D eigenvalue weighted by Gasteiger charge is 2.17. The summed E-state index contributed by atoms with van der Waals surface area (Å²) in [5.41, 5.74) is 0.608. The second-order valence-corrected chi connectivity index (χ2v) is 6.71. The van der Waals surface area contributed by atoms with Gasteiger partial charge in [-0.2, -0.15) is 5.10 Å². The van der Waals surface area contributed by atoms with E-state index in [0.29, 0.717) is 10.2 Å². The lowest BCUT2D eigenvalue weighted by molar-refractivity contribution is -0.384. The number of pyridine rings is 1. The minimum atomic E-state index is -0.457. The number of likely N-dealkylation sites (tertiary alicyclic amines) is 1. The van der Waals surface area contributed by atoms with Crippen LogP contribution in [0.5, 0.6) is 0 Å². The molecule has 0 atom stereocenters. The first kappa shape index (κ1) is 16.8. The molecular formula is C15H19BrN6O2. The minimum absolute atomic E-state index is 0.0783. The van der Waals surface area contributed by atoms with Crippen LogP contribution < -0.4 is 5.32 Å². The molecule has 0 saturated carbocycles. The normalized spacial score (nSPS) is 15.4. The van der Waals surface area contributed by atoms with E-state index in [4.69, 9.17) is 0 Å². The summed E-state index contributed by atoms with van der Waals surface area (Å²) in [4.78, 5) is 17.2. The van der Waals surface area contributed by atoms with Crippen molar-refractivity contribution in [1.29, 1.82) is 0 Å². The van der Waals surface area contributed by atoms with E-state index < -0.39 is 4.92 Å². The third-order valence-corrected chi connectivity index (χ3v) is 4.45. The van der Waals surface area contributed by atoms with Crippen molar-refractivity contribution in [2.24, 2.45) is 0 Å². The molecule has 0 aliphatic carbocycles. The molecule has 1 aliphatic rings. The first-order chi connectivity index (χ1) is 11.6. The molecule has 2 aromatic heterocycles. The van der Waals surface area contributed by atoms with E-state index in [0.717, 1.165) is 26.2 Å². The Bertz CT molecular complexity index is 714. The Labute approximate surface area is 148 Å². The summed E-state index contributed by atoms with van der Waals surface area (Å²) >= 11 is 3.20. The van der Waals surface area contributed by atoms with Gasteiger partial charge < -0.3 is 10.2 Å². The Hall–Kier alpha value is -2.00. The number of nitro groups is 1. The van der Waals surface area contributed by atoms with E-state index in [2.05, 4.69) is 36.2 Å². The van der Waals surface area contributed by atoms with Crippen LogP contribution in [0.4, 0.5) is 17.2 Å². The Morgan fingerprint density at radius 3 is 2.79 bits per heavy atom. The Kier molecular flexibility index (Phi) is 5.41. The van der Waals surface area contributed by atoms with Gasteiger partial charge in [0.05, 0.1) is 23.4 Å². The van der Waals surface area contributed by atoms with Crippen LogP contribution in [0.25, 0.3) is 0 Å². The number of halogens is 1. The van der Waals surface area contributed by atoms with Crippen LogP contribution in [0.1, 0.15) is 19.3 Å². The number of anilines is 2. The molecule has 128 valence electrons. The lowest BCUT2D eigenvalue weighted by Gasteiger charge is -2.26. The first-order valence-electron chi connectivity index (χ1n) is 7.93. The predicted octanol–water partition coefficient (Wildman–Crippen LogP) is 3.18. The number of nitrogens with one attached hydrogen (secondary N) is 1. The highest BCUT2D eigenvalue weighted by molar-refractivity contribution is 9.10. The van der Waals surface area contributed by atoms with Crippen molar-refractivity contribution in [1.82, 2.24) is 19.7 Å². The van der Waals surface area contributed by atoms with Gasteiger partial charge >= 0.3 is 5.69 Å². The number of rotatable bonds is 6. The van der Waals surface area contributed by atoms with Crippen LogP contribution in [0.2, 0.25) is 0 Å². The van der Waals surface area contributed by atoms with Crippen LogP contribution in [-0.2, 0) is 6.54 Å². The number of aromatic nitrogens is 3. The average molecular weight is 395 g/mol. The number of hydrogen-bond donors (Lipinski definition) is 1. The van der Waals surface area contributed by atoms with E-state index in [-0.39, 0.29) is 11.5 Å². The van der Waals surface area contributed by atoms with Crippen molar-refractivity contribution in [3.05, 3.63) is 39.2 Å². The summed E-state index contributed by atoms with van der Waals surface area (Å²) in [6, 6.07) is 1.43. The molecular weight excluding hydrogens is 376 g/mol. The summed E-state index contributed by atoms with van der Waals surface area (Å²) in [5.74, 6) is 0.207. The third kappa shape index (κ3) is 4.30. The molecule has 1 N–H and O–H groups in total. The SMILES string of the molecule is O=[N+]([O-])c1cc(Br)cnc1Nc1cnn(CCN2CCCCC2)c1. The van der Waals surface area contributed by atoms with Gasteiger partial charge in [0, 0.05) is 29.5 Å². The fraction of sp³-hybridized carbons (Fsp3) is 0.467. The Morgan fingerprint density at radius 2 is 2.04 bits per heavy atom. The average Bonchev–Trinajstić information content (AvgIpc) is 3.03. The van der Waals surface area contributed by atoms with Crippen LogP contribution in [0.15, 0.2) is 29.1 Å². The van der Waals surface area contributed by atoms with Crippen LogP contribution >= 0.6 is 15.9 Å². The van der Waals surface area contributed by atoms with E-state index in [1.54, 1.807) is 6.20 Å². The Morgan fingerprint density at radius 1 is 1.25 bits per heavy atom. The van der Waals surface area contributed by atoms with E-state index in [1.165, 1.54) is 31.5 Å². The van der Waals surface area contributed by atoms with Gasteiger partial charge in [0.2, 0.25) is 5.82 Å². The van der Waals surface area contributed by atoms with Gasteiger partial charge in [-0.15, -0.1) is 0 Å². The largest absolute Gasteiger partial charge is 0.332 e. The van der Waals surface area contributed by atoms with Gasteiger partial charge in [-0.05, 0) is 41.9 Å². The zero-order valence-electron chi connectivity index (χ0n) is 13.2. The summed E-state index contributed by atoms with van der Waals surface area (Å²) in [7, 11) is 0. The second kappa shape index (κ2) is 7.71. The van der Waals surface area contributed by atoms with Gasteiger partial charge in [0.15, 0.2) is 0 Å². The Balaban J connectivity index is 1.62. The maximum Gasteiger partial charge on any atom is 0.312 e. The highest BCUT2D eigenvalue weighted by atomic mass is 79.9. The lowest BCUT2D eigenvalue weighted by Crippen LogP contribution is -2.32. The fourth-order valence-corrected chi connectivity index (χ4v) is 3.10. The molecule has 24 heavy (non-hydrogen) atoms. The fourth-order valence-electron chi connectivity index (χ4n) is 2.78. The zero-order valence-corrected chi connectivity index (χ0v) is 14.8. The van der Waals surface area contributed by atoms with E-state index in [9.17, 15) is 10.1 Å². The summed E-state index contributed by atoms with van der Waals surface area (Å²) in [6.45, 7) is 4.08. The molecule has 9 heteroatoms. The molecule has 0 spiro atoms. The van der Waals surface area contributed by atoms with Crippen molar-refractivity contribution >= 4 is 33.1 Å². The van der Waals surface area contributed by atoms with E-state index in [1.807, 2.05) is 10.9 Å². The van der Waals surface area contributed by atoms with Gasteiger partial charge in [0.25, 0.3) is 0 Å².